The number of benzene rings is 2. The molecule has 1 aromatic heterocycles. The van der Waals surface area contributed by atoms with Gasteiger partial charge in [-0.15, -0.1) is 0 Å². The van der Waals surface area contributed by atoms with Crippen LogP contribution in [0.2, 0.25) is 0 Å². The van der Waals surface area contributed by atoms with Crippen LogP contribution >= 0.6 is 0 Å². The second-order valence-electron chi connectivity index (χ2n) is 5.46. The Morgan fingerprint density at radius 2 is 1.70 bits per heavy atom. The molecule has 3 nitrogen and oxygen atoms in total. The molecule has 23 heavy (non-hydrogen) atoms. The van der Waals surface area contributed by atoms with Crippen LogP contribution in [0.1, 0.15) is 29.7 Å². The minimum absolute atomic E-state index is 0.0660. The lowest BCUT2D eigenvalue weighted by Crippen LogP contribution is -2.07. The van der Waals surface area contributed by atoms with Crippen molar-refractivity contribution in [3.05, 3.63) is 84.2 Å². The minimum Gasteiger partial charge on any atom is -0.259 e. The summed E-state index contributed by atoms with van der Waals surface area (Å²) < 4.78 is 14.6. The standard InChI is InChI=1S/C19H20N2OS/c1-2-19(17-9-5-3-6-10-17)23(22)15-16-13-20-21(14-16)18-11-7-4-8-12-18/h3-14,19H,2,15H2,1H3/t19-,23+/m0/s1. The van der Waals surface area contributed by atoms with Gasteiger partial charge in [-0.05, 0) is 24.1 Å². The summed E-state index contributed by atoms with van der Waals surface area (Å²) in [5.41, 5.74) is 3.16. The molecule has 3 aromatic rings. The van der Waals surface area contributed by atoms with Gasteiger partial charge < -0.3 is 0 Å². The Balaban J connectivity index is 1.74. The van der Waals surface area contributed by atoms with Crippen molar-refractivity contribution in [3.63, 3.8) is 0 Å². The first-order valence-corrected chi connectivity index (χ1v) is 9.17. The number of hydrogen-bond acceptors (Lipinski definition) is 2. The molecule has 0 unspecified atom stereocenters. The number of aromatic nitrogens is 2. The fraction of sp³-hybridized carbons (Fsp3) is 0.211. The van der Waals surface area contributed by atoms with Crippen LogP contribution < -0.4 is 0 Å². The zero-order valence-electron chi connectivity index (χ0n) is 13.1. The monoisotopic (exact) mass is 324 g/mol. The third-order valence-electron chi connectivity index (χ3n) is 3.83. The fourth-order valence-electron chi connectivity index (χ4n) is 2.66. The minimum atomic E-state index is -0.956. The molecule has 2 aromatic carbocycles. The Morgan fingerprint density at radius 3 is 2.35 bits per heavy atom. The molecule has 0 N–H and O–H groups in total. The van der Waals surface area contributed by atoms with Crippen LogP contribution in [0.5, 0.6) is 0 Å². The molecular formula is C19H20N2OS. The molecule has 0 aliphatic carbocycles. The third kappa shape index (κ3) is 3.77. The number of nitrogens with zero attached hydrogens (tertiary/aromatic N) is 2. The highest BCUT2D eigenvalue weighted by Gasteiger charge is 2.17. The SMILES string of the molecule is CC[C@@H](c1ccccc1)[S@](=O)Cc1cnn(-c2ccccc2)c1. The maximum absolute atomic E-state index is 12.8. The summed E-state index contributed by atoms with van der Waals surface area (Å²) in [6.45, 7) is 2.09. The molecule has 0 aliphatic rings. The molecule has 1 heterocycles. The van der Waals surface area contributed by atoms with Gasteiger partial charge in [0.25, 0.3) is 0 Å². The Labute approximate surface area is 139 Å². The molecule has 0 saturated heterocycles. The first-order chi connectivity index (χ1) is 11.3. The second-order valence-corrected chi connectivity index (χ2v) is 7.08. The highest BCUT2D eigenvalue weighted by Crippen LogP contribution is 2.25. The van der Waals surface area contributed by atoms with Crippen molar-refractivity contribution < 1.29 is 4.21 Å². The van der Waals surface area contributed by atoms with E-state index in [0.717, 1.165) is 23.2 Å². The van der Waals surface area contributed by atoms with E-state index in [-0.39, 0.29) is 5.25 Å². The Hall–Kier alpha value is -2.20. The van der Waals surface area contributed by atoms with Crippen LogP contribution in [0.25, 0.3) is 5.69 Å². The van der Waals surface area contributed by atoms with E-state index in [1.54, 1.807) is 0 Å². The van der Waals surface area contributed by atoms with Crippen molar-refractivity contribution >= 4 is 10.8 Å². The van der Waals surface area contributed by atoms with E-state index in [0.29, 0.717) is 5.75 Å². The van der Waals surface area contributed by atoms with Crippen molar-refractivity contribution in [2.75, 3.05) is 0 Å². The zero-order valence-corrected chi connectivity index (χ0v) is 13.9. The zero-order chi connectivity index (χ0) is 16.1. The van der Waals surface area contributed by atoms with Crippen molar-refractivity contribution in [1.29, 1.82) is 0 Å². The van der Waals surface area contributed by atoms with Gasteiger partial charge in [0.1, 0.15) is 0 Å². The lowest BCUT2D eigenvalue weighted by atomic mass is 10.1. The highest BCUT2D eigenvalue weighted by atomic mass is 32.2. The van der Waals surface area contributed by atoms with Crippen molar-refractivity contribution in [2.24, 2.45) is 0 Å². The molecule has 2 atom stereocenters. The molecule has 0 aliphatic heterocycles. The maximum atomic E-state index is 12.8. The maximum Gasteiger partial charge on any atom is 0.0645 e. The second kappa shape index (κ2) is 7.38. The van der Waals surface area contributed by atoms with Crippen molar-refractivity contribution in [1.82, 2.24) is 9.78 Å². The molecule has 0 saturated carbocycles. The molecular weight excluding hydrogens is 304 g/mol. The molecule has 0 spiro atoms. The summed E-state index contributed by atoms with van der Waals surface area (Å²) in [6, 6.07) is 20.1. The average Bonchev–Trinajstić information content (AvgIpc) is 3.06. The van der Waals surface area contributed by atoms with Crippen LogP contribution in [0.4, 0.5) is 0 Å². The van der Waals surface area contributed by atoms with E-state index in [9.17, 15) is 4.21 Å². The summed E-state index contributed by atoms with van der Waals surface area (Å²) in [7, 11) is -0.956. The first-order valence-electron chi connectivity index (χ1n) is 7.79. The molecule has 0 radical (unpaired) electrons. The van der Waals surface area contributed by atoms with Gasteiger partial charge in [0.05, 0.1) is 22.9 Å². The van der Waals surface area contributed by atoms with Gasteiger partial charge in [-0.3, -0.25) is 4.21 Å². The largest absolute Gasteiger partial charge is 0.259 e. The number of para-hydroxylation sites is 1. The van der Waals surface area contributed by atoms with Gasteiger partial charge in [-0.25, -0.2) is 4.68 Å². The van der Waals surface area contributed by atoms with Gasteiger partial charge in [-0.2, -0.15) is 5.10 Å². The normalized spacial score (nSPS) is 13.6. The number of rotatable bonds is 6. The van der Waals surface area contributed by atoms with E-state index in [2.05, 4.69) is 24.2 Å². The highest BCUT2D eigenvalue weighted by molar-refractivity contribution is 7.84. The number of hydrogen-bond donors (Lipinski definition) is 0. The summed E-state index contributed by atoms with van der Waals surface area (Å²) in [4.78, 5) is 0. The average molecular weight is 324 g/mol. The summed E-state index contributed by atoms with van der Waals surface area (Å²) >= 11 is 0. The van der Waals surface area contributed by atoms with Crippen LogP contribution in [-0.2, 0) is 16.6 Å². The van der Waals surface area contributed by atoms with E-state index in [4.69, 9.17) is 0 Å². The third-order valence-corrected chi connectivity index (χ3v) is 5.68. The predicted molar refractivity (Wildman–Crippen MR) is 94.9 cm³/mol. The molecule has 0 bridgehead atoms. The smallest absolute Gasteiger partial charge is 0.0645 e. The van der Waals surface area contributed by atoms with E-state index in [1.165, 1.54) is 0 Å². The quantitative estimate of drug-likeness (QED) is 0.678. The van der Waals surface area contributed by atoms with E-state index in [1.807, 2.05) is 65.6 Å². The predicted octanol–water partition coefficient (Wildman–Crippen LogP) is 4.27. The van der Waals surface area contributed by atoms with E-state index >= 15 is 0 Å². The Morgan fingerprint density at radius 1 is 1.04 bits per heavy atom. The Bertz CT molecular complexity index is 768. The fourth-order valence-corrected chi connectivity index (χ4v) is 4.17. The molecule has 0 amide bonds. The van der Waals surface area contributed by atoms with Crippen LogP contribution in [0.15, 0.2) is 73.1 Å². The van der Waals surface area contributed by atoms with Gasteiger partial charge in [-0.1, -0.05) is 55.5 Å². The summed E-state index contributed by atoms with van der Waals surface area (Å²) in [5.74, 6) is 0.528. The van der Waals surface area contributed by atoms with E-state index < -0.39 is 10.8 Å². The van der Waals surface area contributed by atoms with Crippen LogP contribution in [0, 0.1) is 0 Å². The lowest BCUT2D eigenvalue weighted by molar-refractivity contribution is 0.668. The molecule has 4 heteroatoms. The lowest BCUT2D eigenvalue weighted by Gasteiger charge is -2.14. The topological polar surface area (TPSA) is 34.9 Å². The molecule has 0 fully saturated rings. The summed E-state index contributed by atoms with van der Waals surface area (Å²) in [5, 5.41) is 4.45. The Kier molecular flexibility index (Phi) is 5.03. The molecule has 3 rings (SSSR count). The first kappa shape index (κ1) is 15.7. The van der Waals surface area contributed by atoms with Crippen LogP contribution in [-0.4, -0.2) is 14.0 Å². The van der Waals surface area contributed by atoms with Gasteiger partial charge in [0, 0.05) is 22.6 Å². The summed E-state index contributed by atoms with van der Waals surface area (Å²) in [6.07, 6.45) is 4.64. The molecule has 118 valence electrons. The van der Waals surface area contributed by atoms with Crippen molar-refractivity contribution in [2.45, 2.75) is 24.3 Å². The van der Waals surface area contributed by atoms with Gasteiger partial charge in [0.15, 0.2) is 0 Å². The van der Waals surface area contributed by atoms with Crippen LogP contribution in [0.3, 0.4) is 0 Å². The van der Waals surface area contributed by atoms with Gasteiger partial charge >= 0.3 is 0 Å². The van der Waals surface area contributed by atoms with Crippen molar-refractivity contribution in [3.8, 4) is 5.69 Å². The van der Waals surface area contributed by atoms with Gasteiger partial charge in [0.2, 0.25) is 0 Å².